The first-order chi connectivity index (χ1) is 11.0. The number of anilines is 1. The molecule has 2 atom stereocenters. The number of hydrogen-bond donors (Lipinski definition) is 0. The van der Waals surface area contributed by atoms with Gasteiger partial charge in [0.15, 0.2) is 0 Å². The largest absolute Gasteiger partial charge is 0.466 e. The molecule has 7 nitrogen and oxygen atoms in total. The summed E-state index contributed by atoms with van der Waals surface area (Å²) in [6, 6.07) is 1.53. The number of esters is 1. The highest BCUT2D eigenvalue weighted by atomic mass is 19.1. The molecule has 1 saturated heterocycles. The molecule has 0 aromatic carbocycles. The molecule has 1 aromatic heterocycles. The molecule has 2 rings (SSSR count). The van der Waals surface area contributed by atoms with Crippen molar-refractivity contribution in [2.24, 2.45) is 0 Å². The summed E-state index contributed by atoms with van der Waals surface area (Å²) in [6.45, 7) is 0.566. The van der Waals surface area contributed by atoms with Gasteiger partial charge in [0.05, 0.1) is 19.7 Å². The van der Waals surface area contributed by atoms with E-state index in [0.29, 0.717) is 18.8 Å². The fourth-order valence-corrected chi connectivity index (χ4v) is 2.51. The van der Waals surface area contributed by atoms with Crippen molar-refractivity contribution in [3.05, 3.63) is 30.7 Å². The third-order valence-electron chi connectivity index (χ3n) is 3.65. The summed E-state index contributed by atoms with van der Waals surface area (Å²) in [5.74, 6) is -0.310. The monoisotopic (exact) mass is 322 g/mol. The number of carbonyl (C=O) groups excluding carboxylic acids is 2. The highest BCUT2D eigenvalue weighted by Gasteiger charge is 2.34. The maximum absolute atomic E-state index is 13.8. The van der Waals surface area contributed by atoms with E-state index >= 15 is 0 Å². The molecule has 1 aliphatic rings. The number of ether oxygens (including phenoxy) is 1. The minimum Gasteiger partial charge on any atom is -0.466 e. The van der Waals surface area contributed by atoms with Crippen LogP contribution in [0.5, 0.6) is 0 Å². The lowest BCUT2D eigenvalue weighted by molar-refractivity contribution is -0.135. The number of hydrogen-bond acceptors (Lipinski definition) is 6. The summed E-state index contributed by atoms with van der Waals surface area (Å²) in [4.78, 5) is 34.2. The highest BCUT2D eigenvalue weighted by Crippen LogP contribution is 2.25. The first-order valence-corrected chi connectivity index (χ1v) is 7.19. The van der Waals surface area contributed by atoms with E-state index in [-0.39, 0.29) is 18.5 Å². The van der Waals surface area contributed by atoms with Crippen molar-refractivity contribution in [2.45, 2.75) is 18.6 Å². The Labute approximate surface area is 133 Å². The molecule has 1 fully saturated rings. The van der Waals surface area contributed by atoms with Crippen LogP contribution in [0, 0.1) is 0 Å². The topological polar surface area (TPSA) is 75.6 Å². The van der Waals surface area contributed by atoms with Gasteiger partial charge in [-0.3, -0.25) is 4.79 Å². The lowest BCUT2D eigenvalue weighted by atomic mass is 10.2. The van der Waals surface area contributed by atoms with Crippen LogP contribution in [-0.4, -0.2) is 66.2 Å². The normalized spacial score (nSPS) is 20.7. The molecule has 124 valence electrons. The van der Waals surface area contributed by atoms with Crippen LogP contribution in [-0.2, 0) is 14.3 Å². The van der Waals surface area contributed by atoms with Crippen LogP contribution in [0.2, 0.25) is 0 Å². The first-order valence-electron chi connectivity index (χ1n) is 7.19. The molecule has 0 saturated carbocycles. The Morgan fingerprint density at radius 2 is 2.30 bits per heavy atom. The number of methoxy groups -OCH3 is 1. The van der Waals surface area contributed by atoms with E-state index in [9.17, 15) is 14.0 Å². The lowest BCUT2D eigenvalue weighted by Gasteiger charge is -2.28. The summed E-state index contributed by atoms with van der Waals surface area (Å²) >= 11 is 0. The van der Waals surface area contributed by atoms with Crippen LogP contribution in [0.4, 0.5) is 10.2 Å². The Kier molecular flexibility index (Phi) is 5.61. The van der Waals surface area contributed by atoms with Crippen molar-refractivity contribution in [3.63, 3.8) is 0 Å². The summed E-state index contributed by atoms with van der Waals surface area (Å²) < 4.78 is 18.2. The summed E-state index contributed by atoms with van der Waals surface area (Å²) in [7, 11) is 2.84. The van der Waals surface area contributed by atoms with E-state index in [4.69, 9.17) is 0 Å². The van der Waals surface area contributed by atoms with Crippen molar-refractivity contribution in [2.75, 3.05) is 32.1 Å². The van der Waals surface area contributed by atoms with Crippen LogP contribution in [0.15, 0.2) is 30.7 Å². The smallest absolute Gasteiger partial charge is 0.330 e. The van der Waals surface area contributed by atoms with E-state index in [2.05, 4.69) is 14.7 Å². The minimum absolute atomic E-state index is 0.180. The zero-order valence-corrected chi connectivity index (χ0v) is 13.1. The second-order valence-electron chi connectivity index (χ2n) is 5.28. The van der Waals surface area contributed by atoms with E-state index in [0.717, 1.165) is 12.2 Å². The zero-order chi connectivity index (χ0) is 16.8. The number of carbonyl (C=O) groups is 2. The van der Waals surface area contributed by atoms with Crippen molar-refractivity contribution < 1.29 is 18.7 Å². The summed E-state index contributed by atoms with van der Waals surface area (Å²) in [6.07, 6.45) is 4.56. The Morgan fingerprint density at radius 3 is 2.96 bits per heavy atom. The molecule has 1 aliphatic heterocycles. The zero-order valence-electron chi connectivity index (χ0n) is 13.1. The first kappa shape index (κ1) is 16.9. The molecule has 0 spiro atoms. The molecule has 0 radical (unpaired) electrons. The average molecular weight is 322 g/mol. The second-order valence-corrected chi connectivity index (χ2v) is 5.28. The van der Waals surface area contributed by atoms with Gasteiger partial charge in [-0.2, -0.15) is 0 Å². The van der Waals surface area contributed by atoms with Gasteiger partial charge in [0.2, 0.25) is 5.91 Å². The van der Waals surface area contributed by atoms with Gasteiger partial charge < -0.3 is 14.5 Å². The molecule has 0 bridgehead atoms. The molecule has 0 unspecified atom stereocenters. The van der Waals surface area contributed by atoms with E-state index in [1.54, 1.807) is 19.3 Å². The van der Waals surface area contributed by atoms with Crippen molar-refractivity contribution in [3.8, 4) is 0 Å². The highest BCUT2D eigenvalue weighted by molar-refractivity contribution is 5.94. The number of alkyl halides is 1. The van der Waals surface area contributed by atoms with Gasteiger partial charge >= 0.3 is 5.97 Å². The predicted octanol–water partition coefficient (Wildman–Crippen LogP) is 0.581. The SMILES string of the molecule is COC(=O)/C=C/C(=O)N(C)C[C@@H]1C[C@H](F)CN1c1ccncn1. The minimum atomic E-state index is -0.968. The van der Waals surface area contributed by atoms with Gasteiger partial charge in [-0.05, 0) is 6.07 Å². The number of amides is 1. The maximum atomic E-state index is 13.8. The molecule has 1 amide bonds. The summed E-state index contributed by atoms with van der Waals surface area (Å²) in [5, 5.41) is 0. The predicted molar refractivity (Wildman–Crippen MR) is 81.5 cm³/mol. The van der Waals surface area contributed by atoms with E-state index < -0.39 is 12.1 Å². The molecule has 23 heavy (non-hydrogen) atoms. The Morgan fingerprint density at radius 1 is 1.52 bits per heavy atom. The molecule has 2 heterocycles. The average Bonchev–Trinajstić information content (AvgIpc) is 2.93. The van der Waals surface area contributed by atoms with Crippen molar-refractivity contribution >= 4 is 17.7 Å². The van der Waals surface area contributed by atoms with Gasteiger partial charge in [0, 0.05) is 38.4 Å². The number of aromatic nitrogens is 2. The lowest BCUT2D eigenvalue weighted by Crippen LogP contribution is -2.41. The number of halogens is 1. The molecular weight excluding hydrogens is 303 g/mol. The van der Waals surface area contributed by atoms with Gasteiger partial charge in [-0.1, -0.05) is 0 Å². The standard InChI is InChI=1S/C15H19FN4O3/c1-19(14(21)3-4-15(22)23-2)9-12-7-11(16)8-20(12)13-5-6-17-10-18-13/h3-6,10-12H,7-9H2,1-2H3/b4-3+/t11-,12-/m0/s1. The Hall–Kier alpha value is -2.51. The van der Waals surface area contributed by atoms with E-state index in [1.165, 1.54) is 18.3 Å². The third kappa shape index (κ3) is 4.48. The van der Waals surface area contributed by atoms with Crippen LogP contribution >= 0.6 is 0 Å². The molecule has 1 aromatic rings. The summed E-state index contributed by atoms with van der Waals surface area (Å²) in [5.41, 5.74) is 0. The third-order valence-corrected chi connectivity index (χ3v) is 3.65. The maximum Gasteiger partial charge on any atom is 0.330 e. The van der Waals surface area contributed by atoms with Crippen LogP contribution in [0.1, 0.15) is 6.42 Å². The van der Waals surface area contributed by atoms with Gasteiger partial charge in [-0.25, -0.2) is 19.2 Å². The Bertz CT molecular complexity index is 581. The van der Waals surface area contributed by atoms with Crippen molar-refractivity contribution in [1.29, 1.82) is 0 Å². The van der Waals surface area contributed by atoms with E-state index in [1.807, 2.05) is 4.90 Å². The van der Waals surface area contributed by atoms with Crippen LogP contribution in [0.25, 0.3) is 0 Å². The fraction of sp³-hybridized carbons (Fsp3) is 0.467. The Balaban J connectivity index is 2.01. The molecular formula is C15H19FN4O3. The molecule has 0 N–H and O–H groups in total. The van der Waals surface area contributed by atoms with Gasteiger partial charge in [0.25, 0.3) is 0 Å². The second kappa shape index (κ2) is 7.66. The quantitative estimate of drug-likeness (QED) is 0.583. The van der Waals surface area contributed by atoms with Gasteiger partial charge in [0.1, 0.15) is 18.3 Å². The number of nitrogens with zero attached hydrogens (tertiary/aromatic N) is 4. The van der Waals surface area contributed by atoms with Crippen LogP contribution in [0.3, 0.4) is 0 Å². The fourth-order valence-electron chi connectivity index (χ4n) is 2.51. The van der Waals surface area contributed by atoms with Gasteiger partial charge in [-0.15, -0.1) is 0 Å². The van der Waals surface area contributed by atoms with Crippen LogP contribution < -0.4 is 4.90 Å². The van der Waals surface area contributed by atoms with Crippen molar-refractivity contribution in [1.82, 2.24) is 14.9 Å². The molecule has 0 aliphatic carbocycles. The molecule has 8 heteroatoms. The number of rotatable bonds is 5. The number of likely N-dealkylation sites (N-methyl/N-ethyl adjacent to an activating group) is 1.